The standard InChI is InChI=1S/C24H31NO2.C2H6O/c1-18-15-25(16-19-8-4-3-5-9-19)17-22(18)20-12-13-23(26-2)24(14-20)27-21-10-6-7-11-21;1-2-3/h3-5,8-9,12-14,18,21-22H,6-7,10-11,15-17H2,1-2H3;3H,2H2,1H3/t18-,22+;/m0./s1. The molecular formula is C26H37NO3. The fourth-order valence-electron chi connectivity index (χ4n) is 4.67. The van der Waals surface area contributed by atoms with Crippen molar-refractivity contribution in [2.75, 3.05) is 26.8 Å². The molecule has 1 aliphatic heterocycles. The predicted octanol–water partition coefficient (Wildman–Crippen LogP) is 5.25. The van der Waals surface area contributed by atoms with E-state index in [0.29, 0.717) is 17.9 Å². The Balaban J connectivity index is 0.000000806. The van der Waals surface area contributed by atoms with E-state index < -0.39 is 0 Å². The third-order valence-corrected chi connectivity index (χ3v) is 6.15. The van der Waals surface area contributed by atoms with E-state index in [1.165, 1.54) is 24.0 Å². The zero-order valence-corrected chi connectivity index (χ0v) is 18.7. The van der Waals surface area contributed by atoms with E-state index >= 15 is 0 Å². The highest BCUT2D eigenvalue weighted by molar-refractivity contribution is 5.44. The molecule has 2 aliphatic rings. The van der Waals surface area contributed by atoms with Gasteiger partial charge in [-0.25, -0.2) is 0 Å². The first kappa shape index (κ1) is 22.6. The average molecular weight is 412 g/mol. The SMILES string of the molecule is CCO.COc1ccc([C@@H]2CN(Cc3ccccc3)C[C@@H]2C)cc1OC1CCCC1. The van der Waals surface area contributed by atoms with Gasteiger partial charge in [-0.2, -0.15) is 0 Å². The molecule has 4 nitrogen and oxygen atoms in total. The van der Waals surface area contributed by atoms with E-state index in [-0.39, 0.29) is 6.61 Å². The predicted molar refractivity (Wildman–Crippen MR) is 122 cm³/mol. The molecule has 0 spiro atoms. The Morgan fingerprint density at radius 2 is 1.70 bits per heavy atom. The van der Waals surface area contributed by atoms with Crippen molar-refractivity contribution in [1.82, 2.24) is 4.90 Å². The number of aliphatic hydroxyl groups excluding tert-OH is 1. The highest BCUT2D eigenvalue weighted by Gasteiger charge is 2.31. The Morgan fingerprint density at radius 3 is 2.37 bits per heavy atom. The van der Waals surface area contributed by atoms with E-state index in [4.69, 9.17) is 14.6 Å². The highest BCUT2D eigenvalue weighted by atomic mass is 16.5. The fourth-order valence-corrected chi connectivity index (χ4v) is 4.67. The number of rotatable bonds is 6. The maximum Gasteiger partial charge on any atom is 0.161 e. The van der Waals surface area contributed by atoms with Crippen molar-refractivity contribution in [2.45, 2.75) is 58.1 Å². The van der Waals surface area contributed by atoms with Crippen molar-refractivity contribution < 1.29 is 14.6 Å². The number of likely N-dealkylation sites (tertiary alicyclic amines) is 1. The van der Waals surface area contributed by atoms with Gasteiger partial charge in [-0.15, -0.1) is 0 Å². The zero-order valence-electron chi connectivity index (χ0n) is 18.7. The average Bonchev–Trinajstić information content (AvgIpc) is 3.39. The van der Waals surface area contributed by atoms with Crippen molar-refractivity contribution in [3.05, 3.63) is 59.7 Å². The van der Waals surface area contributed by atoms with E-state index in [2.05, 4.69) is 60.4 Å². The van der Waals surface area contributed by atoms with Crippen LogP contribution in [0.1, 0.15) is 56.6 Å². The third kappa shape index (κ3) is 5.99. The van der Waals surface area contributed by atoms with Crippen LogP contribution in [-0.2, 0) is 6.54 Å². The zero-order chi connectivity index (χ0) is 21.3. The molecule has 1 N–H and O–H groups in total. The lowest BCUT2D eigenvalue weighted by Gasteiger charge is -2.20. The molecule has 2 aromatic carbocycles. The summed E-state index contributed by atoms with van der Waals surface area (Å²) in [6.45, 7) is 7.58. The molecule has 30 heavy (non-hydrogen) atoms. The van der Waals surface area contributed by atoms with Crippen LogP contribution in [0.15, 0.2) is 48.5 Å². The van der Waals surface area contributed by atoms with Gasteiger partial charge in [-0.1, -0.05) is 43.3 Å². The van der Waals surface area contributed by atoms with Crippen LogP contribution < -0.4 is 9.47 Å². The maximum atomic E-state index is 7.57. The number of methoxy groups -OCH3 is 1. The van der Waals surface area contributed by atoms with Crippen LogP contribution in [0.4, 0.5) is 0 Å². The van der Waals surface area contributed by atoms with Gasteiger partial charge in [0.05, 0.1) is 13.2 Å². The first-order valence-electron chi connectivity index (χ1n) is 11.4. The minimum absolute atomic E-state index is 0.250. The number of ether oxygens (including phenoxy) is 2. The highest BCUT2D eigenvalue weighted by Crippen LogP contribution is 2.39. The summed E-state index contributed by atoms with van der Waals surface area (Å²) >= 11 is 0. The fraction of sp³-hybridized carbons (Fsp3) is 0.538. The largest absolute Gasteiger partial charge is 0.493 e. The molecule has 1 saturated heterocycles. The van der Waals surface area contributed by atoms with Gasteiger partial charge in [-0.05, 0) is 61.8 Å². The maximum absolute atomic E-state index is 7.57. The van der Waals surface area contributed by atoms with Crippen LogP contribution in [0.25, 0.3) is 0 Å². The smallest absolute Gasteiger partial charge is 0.161 e. The monoisotopic (exact) mass is 411 g/mol. The molecule has 1 aliphatic carbocycles. The van der Waals surface area contributed by atoms with Crippen LogP contribution in [0, 0.1) is 5.92 Å². The second kappa shape index (κ2) is 11.4. The molecule has 0 amide bonds. The van der Waals surface area contributed by atoms with Crippen LogP contribution in [0.3, 0.4) is 0 Å². The number of benzene rings is 2. The summed E-state index contributed by atoms with van der Waals surface area (Å²) in [4.78, 5) is 2.58. The van der Waals surface area contributed by atoms with Gasteiger partial charge >= 0.3 is 0 Å². The summed E-state index contributed by atoms with van der Waals surface area (Å²) in [7, 11) is 1.73. The lowest BCUT2D eigenvalue weighted by Crippen LogP contribution is -2.20. The molecule has 2 atom stereocenters. The summed E-state index contributed by atoms with van der Waals surface area (Å²) in [6, 6.07) is 17.3. The van der Waals surface area contributed by atoms with Crippen LogP contribution in [0.2, 0.25) is 0 Å². The van der Waals surface area contributed by atoms with E-state index in [0.717, 1.165) is 44.0 Å². The molecule has 0 unspecified atom stereocenters. The molecule has 0 radical (unpaired) electrons. The van der Waals surface area contributed by atoms with Crippen molar-refractivity contribution in [3.63, 3.8) is 0 Å². The minimum atomic E-state index is 0.250. The van der Waals surface area contributed by atoms with Gasteiger partial charge < -0.3 is 14.6 Å². The number of hydrogen-bond acceptors (Lipinski definition) is 4. The number of nitrogens with zero attached hydrogens (tertiary/aromatic N) is 1. The second-order valence-electron chi connectivity index (χ2n) is 8.51. The first-order chi connectivity index (χ1) is 14.6. The summed E-state index contributed by atoms with van der Waals surface area (Å²) in [6.07, 6.45) is 5.24. The van der Waals surface area contributed by atoms with Crippen molar-refractivity contribution >= 4 is 0 Å². The minimum Gasteiger partial charge on any atom is -0.493 e. The van der Waals surface area contributed by atoms with Gasteiger partial charge in [-0.3, -0.25) is 4.90 Å². The van der Waals surface area contributed by atoms with Crippen molar-refractivity contribution in [2.24, 2.45) is 5.92 Å². The van der Waals surface area contributed by atoms with Crippen LogP contribution in [-0.4, -0.2) is 42.9 Å². The van der Waals surface area contributed by atoms with Crippen molar-refractivity contribution in [3.8, 4) is 11.5 Å². The topological polar surface area (TPSA) is 41.9 Å². The summed E-state index contributed by atoms with van der Waals surface area (Å²) < 4.78 is 11.9. The van der Waals surface area contributed by atoms with Gasteiger partial charge in [0.2, 0.25) is 0 Å². The van der Waals surface area contributed by atoms with Gasteiger partial charge in [0.15, 0.2) is 11.5 Å². The lowest BCUT2D eigenvalue weighted by atomic mass is 9.90. The Hall–Kier alpha value is -2.04. The molecule has 2 aromatic rings. The normalized spacial score (nSPS) is 21.9. The first-order valence-corrected chi connectivity index (χ1v) is 11.4. The summed E-state index contributed by atoms with van der Waals surface area (Å²) in [5.74, 6) is 2.97. The Kier molecular flexibility index (Phi) is 8.59. The third-order valence-electron chi connectivity index (χ3n) is 6.15. The lowest BCUT2D eigenvalue weighted by molar-refractivity contribution is 0.200. The molecule has 1 saturated carbocycles. The summed E-state index contributed by atoms with van der Waals surface area (Å²) in [5, 5.41) is 7.57. The molecular weight excluding hydrogens is 374 g/mol. The molecule has 164 valence electrons. The number of hydrogen-bond donors (Lipinski definition) is 1. The number of aliphatic hydroxyl groups is 1. The van der Waals surface area contributed by atoms with E-state index in [1.54, 1.807) is 14.0 Å². The van der Waals surface area contributed by atoms with E-state index in [1.807, 2.05) is 0 Å². The molecule has 4 rings (SSSR count). The second-order valence-corrected chi connectivity index (χ2v) is 8.51. The van der Waals surface area contributed by atoms with Gasteiger partial charge in [0.25, 0.3) is 0 Å². The Morgan fingerprint density at radius 1 is 1.00 bits per heavy atom. The molecule has 2 fully saturated rings. The quantitative estimate of drug-likeness (QED) is 0.705. The van der Waals surface area contributed by atoms with E-state index in [9.17, 15) is 0 Å². The van der Waals surface area contributed by atoms with Crippen LogP contribution >= 0.6 is 0 Å². The van der Waals surface area contributed by atoms with Gasteiger partial charge in [0, 0.05) is 32.2 Å². The molecule has 0 aromatic heterocycles. The van der Waals surface area contributed by atoms with Crippen molar-refractivity contribution in [1.29, 1.82) is 0 Å². The van der Waals surface area contributed by atoms with Gasteiger partial charge in [0.1, 0.15) is 0 Å². The Bertz CT molecular complexity index is 758. The molecule has 1 heterocycles. The van der Waals surface area contributed by atoms with Crippen LogP contribution in [0.5, 0.6) is 11.5 Å². The summed E-state index contributed by atoms with van der Waals surface area (Å²) in [5.41, 5.74) is 2.78. The Labute approximate surface area is 181 Å². The molecule has 0 bridgehead atoms. The molecule has 4 heteroatoms.